The molecule has 0 bridgehead atoms. The van der Waals surface area contributed by atoms with Gasteiger partial charge < -0.3 is 30.2 Å². The van der Waals surface area contributed by atoms with Gasteiger partial charge in [-0.2, -0.15) is 0 Å². The van der Waals surface area contributed by atoms with Crippen molar-refractivity contribution >= 4 is 17.8 Å². The summed E-state index contributed by atoms with van der Waals surface area (Å²) in [4.78, 5) is 42.0. The molecule has 0 radical (unpaired) electrons. The van der Waals surface area contributed by atoms with Gasteiger partial charge in [0, 0.05) is 17.8 Å². The molecule has 1 saturated heterocycles. The predicted molar refractivity (Wildman–Crippen MR) is 134 cm³/mol. The number of halogens is 1. The lowest BCUT2D eigenvalue weighted by Crippen LogP contribution is -2.56. The third-order valence-electron chi connectivity index (χ3n) is 6.30. The van der Waals surface area contributed by atoms with Crippen molar-refractivity contribution in [2.24, 2.45) is 11.1 Å². The van der Waals surface area contributed by atoms with Gasteiger partial charge in [0.15, 0.2) is 5.82 Å². The van der Waals surface area contributed by atoms with Crippen LogP contribution in [0.25, 0.3) is 22.6 Å². The summed E-state index contributed by atoms with van der Waals surface area (Å²) in [6.07, 6.45) is 3.36. The summed E-state index contributed by atoms with van der Waals surface area (Å²) < 4.78 is 30.8. The van der Waals surface area contributed by atoms with Gasteiger partial charge in [-0.1, -0.05) is 0 Å². The number of carbonyl (C=O) groups excluding carboxylic acids is 2. The molecule has 3 aromatic rings. The van der Waals surface area contributed by atoms with E-state index in [1.807, 2.05) is 0 Å². The van der Waals surface area contributed by atoms with Gasteiger partial charge in [0.2, 0.25) is 5.95 Å². The molecule has 1 aromatic carbocycles. The molecule has 0 unspecified atom stereocenters. The minimum atomic E-state index is -2.10. The Bertz CT molecular complexity index is 1350. The maximum Gasteiger partial charge on any atom is 0.316 e. The first-order valence-electron chi connectivity index (χ1n) is 12.3. The maximum absolute atomic E-state index is 13.7. The van der Waals surface area contributed by atoms with Crippen molar-refractivity contribution in [2.45, 2.75) is 51.5 Å². The standard InChI is InChI=1S/C26H29FN6O5/c1-14(2)38-23(35)25(3)12-36-26(21(28)34,37-13-25)22-32-19(15-4-6-16(27)7-5-15)20(33-22)18-10-11-29-24(31-18)30-17-8-9-17/h4-7,10-11,14,17H,8-9,12-13H2,1-3H3,(H2,28,34)(H,32,33)(H,29,30,31). The molecule has 1 aliphatic carbocycles. The quantitative estimate of drug-likeness (QED) is 0.377. The normalized spacial score (nSPS) is 23.3. The Labute approximate surface area is 218 Å². The molecule has 3 heterocycles. The molecule has 1 amide bonds. The number of rotatable bonds is 8. The second-order valence-electron chi connectivity index (χ2n) is 10.1. The SMILES string of the molecule is CC(C)OC(=O)C1(C)COC(C(N)=O)(c2nc(-c3ccc(F)cc3)c(-c3ccnc(NC4CC4)n3)[nH]2)OC1. The van der Waals surface area contributed by atoms with Crippen LogP contribution in [0.4, 0.5) is 10.3 Å². The molecule has 5 rings (SSSR count). The van der Waals surface area contributed by atoms with Crippen LogP contribution in [0, 0.1) is 11.2 Å². The third kappa shape index (κ3) is 4.96. The van der Waals surface area contributed by atoms with Crippen LogP contribution >= 0.6 is 0 Å². The van der Waals surface area contributed by atoms with E-state index in [-0.39, 0.29) is 25.1 Å². The van der Waals surface area contributed by atoms with Gasteiger partial charge in [-0.25, -0.2) is 19.3 Å². The fourth-order valence-corrected chi connectivity index (χ4v) is 3.98. The Morgan fingerprint density at radius 1 is 1.16 bits per heavy atom. The van der Waals surface area contributed by atoms with E-state index in [9.17, 15) is 14.0 Å². The lowest BCUT2D eigenvalue weighted by Gasteiger charge is -2.40. The van der Waals surface area contributed by atoms with Crippen molar-refractivity contribution in [3.05, 3.63) is 48.2 Å². The van der Waals surface area contributed by atoms with Crippen LogP contribution in [0.2, 0.25) is 0 Å². The Morgan fingerprint density at radius 3 is 2.45 bits per heavy atom. The average Bonchev–Trinajstić information content (AvgIpc) is 3.58. The fraction of sp³-hybridized carbons (Fsp3) is 0.423. The van der Waals surface area contributed by atoms with Crippen LogP contribution in [0.5, 0.6) is 0 Å². The first-order valence-corrected chi connectivity index (χ1v) is 12.3. The van der Waals surface area contributed by atoms with Crippen molar-refractivity contribution in [1.82, 2.24) is 19.9 Å². The Kier molecular flexibility index (Phi) is 6.61. The number of primary amides is 1. The van der Waals surface area contributed by atoms with E-state index in [0.29, 0.717) is 34.6 Å². The minimum Gasteiger partial charge on any atom is -0.462 e. The first-order chi connectivity index (χ1) is 18.1. The Hall–Kier alpha value is -3.90. The van der Waals surface area contributed by atoms with E-state index < -0.39 is 28.9 Å². The summed E-state index contributed by atoms with van der Waals surface area (Å²) in [5, 5.41) is 3.25. The molecule has 38 heavy (non-hydrogen) atoms. The van der Waals surface area contributed by atoms with Gasteiger partial charge in [0.25, 0.3) is 5.91 Å². The number of benzene rings is 1. The molecule has 2 fully saturated rings. The topological polar surface area (TPSA) is 154 Å². The molecular weight excluding hydrogens is 495 g/mol. The minimum absolute atomic E-state index is 0.0334. The number of hydrogen-bond acceptors (Lipinski definition) is 9. The number of nitrogens with two attached hydrogens (primary N) is 1. The number of amides is 1. The number of aromatic amines is 1. The molecule has 200 valence electrons. The highest BCUT2D eigenvalue weighted by atomic mass is 19.1. The highest BCUT2D eigenvalue weighted by molar-refractivity contribution is 5.85. The first kappa shape index (κ1) is 25.7. The van der Waals surface area contributed by atoms with E-state index in [2.05, 4.69) is 25.3 Å². The smallest absolute Gasteiger partial charge is 0.316 e. The lowest BCUT2D eigenvalue weighted by atomic mass is 9.91. The van der Waals surface area contributed by atoms with Gasteiger partial charge in [-0.05, 0) is 63.9 Å². The van der Waals surface area contributed by atoms with Crippen LogP contribution in [-0.4, -0.2) is 57.2 Å². The number of aromatic nitrogens is 4. The molecule has 1 saturated carbocycles. The maximum atomic E-state index is 13.7. The Morgan fingerprint density at radius 2 is 1.84 bits per heavy atom. The zero-order valence-corrected chi connectivity index (χ0v) is 21.3. The third-order valence-corrected chi connectivity index (χ3v) is 6.30. The van der Waals surface area contributed by atoms with Gasteiger partial charge in [-0.15, -0.1) is 0 Å². The number of H-pyrrole nitrogens is 1. The summed E-state index contributed by atoms with van der Waals surface area (Å²) >= 11 is 0. The Balaban J connectivity index is 1.54. The summed E-state index contributed by atoms with van der Waals surface area (Å²) in [6.45, 7) is 4.69. The zero-order valence-electron chi connectivity index (χ0n) is 21.3. The van der Waals surface area contributed by atoms with Crippen LogP contribution in [0.15, 0.2) is 36.5 Å². The fourth-order valence-electron chi connectivity index (χ4n) is 3.98. The van der Waals surface area contributed by atoms with Crippen molar-refractivity contribution in [1.29, 1.82) is 0 Å². The van der Waals surface area contributed by atoms with Crippen molar-refractivity contribution in [2.75, 3.05) is 18.5 Å². The summed E-state index contributed by atoms with van der Waals surface area (Å²) in [6, 6.07) is 7.73. The molecule has 1 aliphatic heterocycles. The highest BCUT2D eigenvalue weighted by Crippen LogP contribution is 2.39. The number of anilines is 1. The van der Waals surface area contributed by atoms with Crippen LogP contribution in [-0.2, 0) is 29.6 Å². The van der Waals surface area contributed by atoms with Crippen molar-refractivity contribution < 1.29 is 28.2 Å². The molecule has 11 nitrogen and oxygen atoms in total. The van der Waals surface area contributed by atoms with Gasteiger partial charge >= 0.3 is 11.8 Å². The van der Waals surface area contributed by atoms with E-state index in [1.54, 1.807) is 45.2 Å². The van der Waals surface area contributed by atoms with Crippen LogP contribution in [0.1, 0.15) is 39.4 Å². The lowest BCUT2D eigenvalue weighted by molar-refractivity contribution is -0.294. The van der Waals surface area contributed by atoms with Gasteiger partial charge in [0.05, 0.1) is 36.4 Å². The van der Waals surface area contributed by atoms with Crippen molar-refractivity contribution in [3.8, 4) is 22.6 Å². The second kappa shape index (κ2) is 9.76. The second-order valence-corrected chi connectivity index (χ2v) is 10.1. The van der Waals surface area contributed by atoms with E-state index in [4.69, 9.17) is 19.9 Å². The van der Waals surface area contributed by atoms with E-state index in [1.165, 1.54) is 12.1 Å². The van der Waals surface area contributed by atoms with E-state index >= 15 is 0 Å². The largest absolute Gasteiger partial charge is 0.462 e. The number of carbonyl (C=O) groups is 2. The number of esters is 1. The number of nitrogens with one attached hydrogen (secondary N) is 2. The number of hydrogen-bond donors (Lipinski definition) is 3. The van der Waals surface area contributed by atoms with Crippen LogP contribution in [0.3, 0.4) is 0 Å². The highest BCUT2D eigenvalue weighted by Gasteiger charge is 2.54. The predicted octanol–water partition coefficient (Wildman–Crippen LogP) is 2.89. The van der Waals surface area contributed by atoms with Crippen LogP contribution < -0.4 is 11.1 Å². The molecular formula is C26H29FN6O5. The number of imidazole rings is 1. The average molecular weight is 525 g/mol. The zero-order chi connectivity index (χ0) is 27.1. The molecule has 2 aliphatic rings. The molecule has 0 spiro atoms. The molecule has 0 atom stereocenters. The monoisotopic (exact) mass is 524 g/mol. The molecule has 12 heteroatoms. The van der Waals surface area contributed by atoms with Gasteiger partial charge in [0.1, 0.15) is 11.2 Å². The van der Waals surface area contributed by atoms with Gasteiger partial charge in [-0.3, -0.25) is 9.59 Å². The van der Waals surface area contributed by atoms with E-state index in [0.717, 1.165) is 12.8 Å². The molecule has 4 N–H and O–H groups in total. The number of ether oxygens (including phenoxy) is 3. The summed E-state index contributed by atoms with van der Waals surface area (Å²) in [5.41, 5.74) is 6.44. The summed E-state index contributed by atoms with van der Waals surface area (Å²) in [5.74, 6) is -3.58. The summed E-state index contributed by atoms with van der Waals surface area (Å²) in [7, 11) is 0. The van der Waals surface area contributed by atoms with Crippen molar-refractivity contribution in [3.63, 3.8) is 0 Å². The number of nitrogens with zero attached hydrogens (tertiary/aromatic N) is 3. The molecule has 2 aromatic heterocycles.